The molecule has 0 unspecified atom stereocenters. The van der Waals surface area contributed by atoms with Crippen molar-refractivity contribution >= 4 is 11.0 Å². The van der Waals surface area contributed by atoms with E-state index < -0.39 is 0 Å². The standard InChI is InChI=1S/C12H15N3O2/c16-7-10-5-8-6-13-12(17)14-11(8)15(10)9-3-1-2-4-9/h5-6,9,16H,1-4,7H2,(H,13,14,17). The number of hydrogen-bond donors (Lipinski definition) is 2. The van der Waals surface area contributed by atoms with Crippen molar-refractivity contribution in [2.75, 3.05) is 0 Å². The maximum absolute atomic E-state index is 11.3. The van der Waals surface area contributed by atoms with E-state index in [1.807, 2.05) is 6.07 Å². The second kappa shape index (κ2) is 4.00. The molecule has 17 heavy (non-hydrogen) atoms. The maximum atomic E-state index is 11.3. The Morgan fingerprint density at radius 2 is 2.24 bits per heavy atom. The molecule has 3 rings (SSSR count). The van der Waals surface area contributed by atoms with E-state index in [-0.39, 0.29) is 12.3 Å². The summed E-state index contributed by atoms with van der Waals surface area (Å²) in [5.74, 6) is 0. The van der Waals surface area contributed by atoms with Crippen LogP contribution in [0.5, 0.6) is 0 Å². The lowest BCUT2D eigenvalue weighted by Gasteiger charge is -2.16. The smallest absolute Gasteiger partial charge is 0.346 e. The van der Waals surface area contributed by atoms with Gasteiger partial charge in [0.2, 0.25) is 0 Å². The highest BCUT2D eigenvalue weighted by atomic mass is 16.3. The van der Waals surface area contributed by atoms with Crippen LogP contribution in [0.3, 0.4) is 0 Å². The molecule has 1 aliphatic rings. The molecule has 0 atom stereocenters. The highest BCUT2D eigenvalue weighted by Gasteiger charge is 2.21. The SMILES string of the molecule is O=c1ncc2cc(CO)n(C3CCCC3)c2[nH]1. The molecule has 0 radical (unpaired) electrons. The molecular formula is C12H15N3O2. The lowest BCUT2D eigenvalue weighted by atomic mass is 10.2. The molecule has 2 aromatic heterocycles. The van der Waals surface area contributed by atoms with Gasteiger partial charge in [-0.05, 0) is 18.9 Å². The second-order valence-electron chi connectivity index (χ2n) is 4.59. The minimum absolute atomic E-state index is 0.00674. The number of fused-ring (bicyclic) bond motifs is 1. The number of H-pyrrole nitrogens is 1. The fraction of sp³-hybridized carbons (Fsp3) is 0.500. The van der Waals surface area contributed by atoms with Gasteiger partial charge in [0.1, 0.15) is 5.65 Å². The zero-order chi connectivity index (χ0) is 11.8. The Morgan fingerprint density at radius 1 is 1.47 bits per heavy atom. The highest BCUT2D eigenvalue weighted by Crippen LogP contribution is 2.33. The molecule has 0 bridgehead atoms. The van der Waals surface area contributed by atoms with Gasteiger partial charge in [0.25, 0.3) is 0 Å². The van der Waals surface area contributed by atoms with Gasteiger partial charge in [-0.15, -0.1) is 0 Å². The minimum atomic E-state index is -0.334. The predicted octanol–water partition coefficient (Wildman–Crippen LogP) is 1.33. The van der Waals surface area contributed by atoms with Crippen LogP contribution in [0, 0.1) is 0 Å². The highest BCUT2D eigenvalue weighted by molar-refractivity contribution is 5.76. The van der Waals surface area contributed by atoms with Gasteiger partial charge < -0.3 is 9.67 Å². The number of aromatic nitrogens is 3. The third-order valence-corrected chi connectivity index (χ3v) is 3.54. The Hall–Kier alpha value is -1.62. The van der Waals surface area contributed by atoms with Crippen LogP contribution in [-0.2, 0) is 6.61 Å². The molecule has 0 amide bonds. The Bertz CT molecular complexity index is 593. The van der Waals surface area contributed by atoms with E-state index in [0.29, 0.717) is 6.04 Å². The first kappa shape index (κ1) is 10.5. The minimum Gasteiger partial charge on any atom is -0.390 e. The Balaban J connectivity index is 2.24. The molecular weight excluding hydrogens is 218 g/mol. The van der Waals surface area contributed by atoms with Gasteiger partial charge in [0.05, 0.1) is 6.61 Å². The topological polar surface area (TPSA) is 70.9 Å². The first-order chi connectivity index (χ1) is 8.29. The lowest BCUT2D eigenvalue weighted by Crippen LogP contribution is -2.14. The first-order valence-electron chi connectivity index (χ1n) is 5.99. The van der Waals surface area contributed by atoms with E-state index in [4.69, 9.17) is 0 Å². The fourth-order valence-corrected chi connectivity index (χ4v) is 2.79. The number of nitrogens with one attached hydrogen (secondary N) is 1. The summed E-state index contributed by atoms with van der Waals surface area (Å²) in [6.07, 6.45) is 6.22. The summed E-state index contributed by atoms with van der Waals surface area (Å²) in [5.41, 5.74) is 1.32. The van der Waals surface area contributed by atoms with E-state index in [1.165, 1.54) is 12.8 Å². The van der Waals surface area contributed by atoms with E-state index in [1.54, 1.807) is 6.20 Å². The van der Waals surface area contributed by atoms with E-state index in [0.717, 1.165) is 29.6 Å². The molecule has 1 fully saturated rings. The van der Waals surface area contributed by atoms with Crippen LogP contribution in [0.1, 0.15) is 37.4 Å². The Labute approximate surface area is 98.1 Å². The van der Waals surface area contributed by atoms with Crippen molar-refractivity contribution in [3.05, 3.63) is 28.4 Å². The van der Waals surface area contributed by atoms with Crippen LogP contribution >= 0.6 is 0 Å². The molecule has 2 aromatic rings. The van der Waals surface area contributed by atoms with Crippen LogP contribution in [0.15, 0.2) is 17.1 Å². The van der Waals surface area contributed by atoms with Crippen LogP contribution in [0.25, 0.3) is 11.0 Å². The molecule has 0 spiro atoms. The average molecular weight is 233 g/mol. The summed E-state index contributed by atoms with van der Waals surface area (Å²) in [5, 5.41) is 10.3. The molecule has 1 saturated carbocycles. The van der Waals surface area contributed by atoms with Gasteiger partial charge >= 0.3 is 5.69 Å². The summed E-state index contributed by atoms with van der Waals surface area (Å²) in [6, 6.07) is 2.30. The molecule has 90 valence electrons. The number of aliphatic hydroxyl groups excluding tert-OH is 1. The van der Waals surface area contributed by atoms with Gasteiger partial charge in [-0.3, -0.25) is 4.98 Å². The largest absolute Gasteiger partial charge is 0.390 e. The predicted molar refractivity (Wildman–Crippen MR) is 63.8 cm³/mol. The van der Waals surface area contributed by atoms with Crippen molar-refractivity contribution in [2.45, 2.75) is 38.3 Å². The molecule has 0 aromatic carbocycles. The summed E-state index contributed by atoms with van der Waals surface area (Å²) in [7, 11) is 0. The third kappa shape index (κ3) is 1.67. The van der Waals surface area contributed by atoms with Gasteiger partial charge in [0.15, 0.2) is 0 Å². The van der Waals surface area contributed by atoms with Crippen molar-refractivity contribution in [1.82, 2.24) is 14.5 Å². The van der Waals surface area contributed by atoms with E-state index in [9.17, 15) is 9.90 Å². The van der Waals surface area contributed by atoms with Gasteiger partial charge in [-0.1, -0.05) is 12.8 Å². The van der Waals surface area contributed by atoms with Crippen LogP contribution in [0.2, 0.25) is 0 Å². The number of nitrogens with zero attached hydrogens (tertiary/aromatic N) is 2. The molecule has 5 heteroatoms. The molecule has 0 saturated heterocycles. The zero-order valence-electron chi connectivity index (χ0n) is 9.52. The van der Waals surface area contributed by atoms with Gasteiger partial charge in [-0.25, -0.2) is 9.78 Å². The molecule has 2 heterocycles. The molecule has 0 aliphatic heterocycles. The van der Waals surface area contributed by atoms with Crippen molar-refractivity contribution in [3.8, 4) is 0 Å². The molecule has 5 nitrogen and oxygen atoms in total. The average Bonchev–Trinajstić information content (AvgIpc) is 2.93. The lowest BCUT2D eigenvalue weighted by molar-refractivity contribution is 0.267. The normalized spacial score (nSPS) is 17.0. The van der Waals surface area contributed by atoms with Gasteiger partial charge in [0, 0.05) is 23.3 Å². The summed E-state index contributed by atoms with van der Waals surface area (Å²) in [4.78, 5) is 17.8. The monoisotopic (exact) mass is 233 g/mol. The summed E-state index contributed by atoms with van der Waals surface area (Å²) < 4.78 is 2.07. The quantitative estimate of drug-likeness (QED) is 0.822. The number of aliphatic hydroxyl groups is 1. The van der Waals surface area contributed by atoms with Crippen molar-refractivity contribution < 1.29 is 5.11 Å². The number of hydrogen-bond acceptors (Lipinski definition) is 3. The number of aromatic amines is 1. The van der Waals surface area contributed by atoms with Crippen molar-refractivity contribution in [1.29, 1.82) is 0 Å². The molecule has 2 N–H and O–H groups in total. The van der Waals surface area contributed by atoms with Crippen molar-refractivity contribution in [2.24, 2.45) is 0 Å². The summed E-state index contributed by atoms with van der Waals surface area (Å²) in [6.45, 7) is -0.00674. The summed E-state index contributed by atoms with van der Waals surface area (Å²) >= 11 is 0. The fourth-order valence-electron chi connectivity index (χ4n) is 2.79. The number of rotatable bonds is 2. The second-order valence-corrected chi connectivity index (χ2v) is 4.59. The molecule has 1 aliphatic carbocycles. The van der Waals surface area contributed by atoms with Crippen LogP contribution < -0.4 is 5.69 Å². The first-order valence-corrected chi connectivity index (χ1v) is 5.99. The Morgan fingerprint density at radius 3 is 2.94 bits per heavy atom. The maximum Gasteiger partial charge on any atom is 0.346 e. The third-order valence-electron chi connectivity index (χ3n) is 3.54. The van der Waals surface area contributed by atoms with Crippen LogP contribution in [-0.4, -0.2) is 19.6 Å². The van der Waals surface area contributed by atoms with E-state index >= 15 is 0 Å². The Kier molecular flexibility index (Phi) is 2.48. The van der Waals surface area contributed by atoms with Crippen LogP contribution in [0.4, 0.5) is 0 Å². The van der Waals surface area contributed by atoms with E-state index in [2.05, 4.69) is 14.5 Å². The van der Waals surface area contributed by atoms with Crippen molar-refractivity contribution in [3.63, 3.8) is 0 Å². The zero-order valence-corrected chi connectivity index (χ0v) is 9.52. The van der Waals surface area contributed by atoms with Gasteiger partial charge in [-0.2, -0.15) is 0 Å².